The van der Waals surface area contributed by atoms with Crippen LogP contribution in [0.3, 0.4) is 0 Å². The van der Waals surface area contributed by atoms with E-state index >= 15 is 0 Å². The molecule has 0 radical (unpaired) electrons. The van der Waals surface area contributed by atoms with Crippen LogP contribution in [0.15, 0.2) is 12.1 Å². The highest BCUT2D eigenvalue weighted by Gasteiger charge is 2.26. The molecule has 1 fully saturated rings. The summed E-state index contributed by atoms with van der Waals surface area (Å²) in [7, 11) is 1.94. The third kappa shape index (κ3) is 3.36. The van der Waals surface area contributed by atoms with Gasteiger partial charge < -0.3 is 20.3 Å². The molecule has 1 aromatic heterocycles. The first-order valence-electron chi connectivity index (χ1n) is 6.89. The number of hydrogen-bond donors (Lipinski definition) is 2. The molecule has 1 saturated heterocycles. The lowest BCUT2D eigenvalue weighted by Gasteiger charge is -2.31. The van der Waals surface area contributed by atoms with Gasteiger partial charge in [0.15, 0.2) is 5.69 Å². The predicted molar refractivity (Wildman–Crippen MR) is 74.6 cm³/mol. The van der Waals surface area contributed by atoms with Crippen molar-refractivity contribution in [1.82, 2.24) is 15.2 Å². The quantitative estimate of drug-likeness (QED) is 0.629. The van der Waals surface area contributed by atoms with Crippen LogP contribution in [0.4, 0.5) is 5.82 Å². The van der Waals surface area contributed by atoms with E-state index in [1.54, 1.807) is 4.90 Å². The number of likely N-dealkylation sites (tertiary alicyclic amines) is 1. The third-order valence-corrected chi connectivity index (χ3v) is 3.80. The second kappa shape index (κ2) is 6.51. The lowest BCUT2D eigenvalue weighted by molar-refractivity contribution is -0.389. The van der Waals surface area contributed by atoms with Crippen molar-refractivity contribution in [3.63, 3.8) is 0 Å². The van der Waals surface area contributed by atoms with Crippen LogP contribution < -0.4 is 5.32 Å². The summed E-state index contributed by atoms with van der Waals surface area (Å²) in [6.07, 6.45) is 3.12. The lowest BCUT2D eigenvalue weighted by Crippen LogP contribution is -2.39. The zero-order valence-electron chi connectivity index (χ0n) is 11.6. The zero-order valence-corrected chi connectivity index (χ0v) is 11.6. The molecule has 20 heavy (non-hydrogen) atoms. The van der Waals surface area contributed by atoms with E-state index in [1.807, 2.05) is 7.05 Å². The van der Waals surface area contributed by atoms with E-state index in [1.165, 1.54) is 12.1 Å². The van der Waals surface area contributed by atoms with Crippen LogP contribution in [0.25, 0.3) is 0 Å². The summed E-state index contributed by atoms with van der Waals surface area (Å²) in [5.74, 6) is 0.368. The summed E-state index contributed by atoms with van der Waals surface area (Å²) < 4.78 is 0. The molecule has 0 spiro atoms. The van der Waals surface area contributed by atoms with Crippen LogP contribution in [0.1, 0.15) is 29.8 Å². The average Bonchev–Trinajstić information content (AvgIpc) is 2.95. The van der Waals surface area contributed by atoms with Crippen LogP contribution in [0, 0.1) is 16.0 Å². The zero-order chi connectivity index (χ0) is 14.5. The molecule has 0 aromatic carbocycles. The van der Waals surface area contributed by atoms with Crippen molar-refractivity contribution in [2.75, 3.05) is 26.7 Å². The summed E-state index contributed by atoms with van der Waals surface area (Å²) in [5.41, 5.74) is 0.297. The Labute approximate surface area is 117 Å². The number of nitrogens with zero attached hydrogens (tertiary/aromatic N) is 2. The molecule has 2 rings (SSSR count). The van der Waals surface area contributed by atoms with Gasteiger partial charge in [0.25, 0.3) is 5.91 Å². The number of hydrogen-bond acceptors (Lipinski definition) is 4. The van der Waals surface area contributed by atoms with E-state index in [2.05, 4.69) is 10.3 Å². The number of nitrogens with one attached hydrogen (secondary N) is 2. The Morgan fingerprint density at radius 3 is 2.75 bits per heavy atom. The molecule has 7 heteroatoms. The maximum atomic E-state index is 12.2. The minimum atomic E-state index is -0.527. The summed E-state index contributed by atoms with van der Waals surface area (Å²) >= 11 is 0. The molecule has 2 N–H and O–H groups in total. The van der Waals surface area contributed by atoms with Crippen LogP contribution in [0.5, 0.6) is 0 Å². The van der Waals surface area contributed by atoms with E-state index in [9.17, 15) is 14.9 Å². The Balaban J connectivity index is 1.89. The molecule has 1 aliphatic rings. The molecule has 7 nitrogen and oxygen atoms in total. The van der Waals surface area contributed by atoms with Gasteiger partial charge in [0, 0.05) is 19.2 Å². The molecule has 0 atom stereocenters. The molecule has 1 aliphatic heterocycles. The molecule has 1 amide bonds. The first kappa shape index (κ1) is 14.5. The van der Waals surface area contributed by atoms with Gasteiger partial charge in [-0.3, -0.25) is 4.79 Å². The van der Waals surface area contributed by atoms with E-state index < -0.39 is 4.92 Å². The van der Waals surface area contributed by atoms with E-state index in [0.29, 0.717) is 11.6 Å². The van der Waals surface area contributed by atoms with Crippen molar-refractivity contribution in [3.8, 4) is 0 Å². The summed E-state index contributed by atoms with van der Waals surface area (Å²) in [5, 5.41) is 13.7. The van der Waals surface area contributed by atoms with Gasteiger partial charge in [-0.15, -0.1) is 0 Å². The molecular weight excluding hydrogens is 260 g/mol. The summed E-state index contributed by atoms with van der Waals surface area (Å²) in [6.45, 7) is 2.45. The first-order chi connectivity index (χ1) is 9.61. The second-order valence-electron chi connectivity index (χ2n) is 5.14. The van der Waals surface area contributed by atoms with Crippen molar-refractivity contribution in [2.24, 2.45) is 5.92 Å². The average molecular weight is 280 g/mol. The van der Waals surface area contributed by atoms with Crippen LogP contribution >= 0.6 is 0 Å². The standard InChI is InChI=1S/C13H20N4O3/c1-14-7-4-10-5-8-16(9-6-10)13(18)11-2-3-12(15-11)17(19)20/h2-3,10,14-15H,4-9H2,1H3. The maximum Gasteiger partial charge on any atom is 0.321 e. The third-order valence-electron chi connectivity index (χ3n) is 3.80. The van der Waals surface area contributed by atoms with E-state index in [4.69, 9.17) is 0 Å². The summed E-state index contributed by atoms with van der Waals surface area (Å²) in [6, 6.07) is 2.81. The number of piperidine rings is 1. The maximum absolute atomic E-state index is 12.2. The number of aromatic amines is 1. The normalized spacial score (nSPS) is 16.4. The monoisotopic (exact) mass is 280 g/mol. The van der Waals surface area contributed by atoms with Crippen LogP contribution in [-0.4, -0.2) is 47.4 Å². The molecule has 1 aromatic rings. The molecular formula is C13H20N4O3. The van der Waals surface area contributed by atoms with E-state index in [-0.39, 0.29) is 11.7 Å². The van der Waals surface area contributed by atoms with E-state index in [0.717, 1.165) is 38.9 Å². The van der Waals surface area contributed by atoms with Gasteiger partial charge in [0.2, 0.25) is 0 Å². The van der Waals surface area contributed by atoms with Crippen LogP contribution in [-0.2, 0) is 0 Å². The number of amides is 1. The number of carbonyl (C=O) groups excluding carboxylic acids is 1. The summed E-state index contributed by atoms with van der Waals surface area (Å²) in [4.78, 5) is 26.6. The van der Waals surface area contributed by atoms with Crippen molar-refractivity contribution < 1.29 is 9.72 Å². The first-order valence-corrected chi connectivity index (χ1v) is 6.89. The van der Waals surface area contributed by atoms with Crippen LogP contribution in [0.2, 0.25) is 0 Å². The largest absolute Gasteiger partial charge is 0.358 e. The number of carbonyl (C=O) groups is 1. The fraction of sp³-hybridized carbons (Fsp3) is 0.615. The van der Waals surface area contributed by atoms with Gasteiger partial charge in [-0.05, 0) is 49.8 Å². The van der Waals surface area contributed by atoms with Gasteiger partial charge in [0.05, 0.1) is 0 Å². The highest BCUT2D eigenvalue weighted by molar-refractivity contribution is 5.92. The Kier molecular flexibility index (Phi) is 4.73. The topological polar surface area (TPSA) is 91.3 Å². The Hall–Kier alpha value is -1.89. The lowest BCUT2D eigenvalue weighted by atomic mass is 9.93. The highest BCUT2D eigenvalue weighted by atomic mass is 16.6. The smallest absolute Gasteiger partial charge is 0.321 e. The number of rotatable bonds is 5. The Morgan fingerprint density at radius 2 is 2.20 bits per heavy atom. The number of aromatic nitrogens is 1. The van der Waals surface area contributed by atoms with Gasteiger partial charge in [-0.2, -0.15) is 0 Å². The predicted octanol–water partition coefficient (Wildman–Crippen LogP) is 1.38. The van der Waals surface area contributed by atoms with Gasteiger partial charge in [-0.1, -0.05) is 0 Å². The molecule has 0 unspecified atom stereocenters. The minimum absolute atomic E-state index is 0.141. The number of H-pyrrole nitrogens is 1. The van der Waals surface area contributed by atoms with Crippen molar-refractivity contribution in [3.05, 3.63) is 27.9 Å². The molecule has 110 valence electrons. The Morgan fingerprint density at radius 1 is 1.50 bits per heavy atom. The van der Waals surface area contributed by atoms with Gasteiger partial charge >= 0.3 is 5.82 Å². The van der Waals surface area contributed by atoms with Gasteiger partial charge in [0.1, 0.15) is 0 Å². The molecule has 0 saturated carbocycles. The van der Waals surface area contributed by atoms with Crippen molar-refractivity contribution in [1.29, 1.82) is 0 Å². The molecule has 0 aliphatic carbocycles. The molecule has 2 heterocycles. The SMILES string of the molecule is CNCCC1CCN(C(=O)c2ccc([N+](=O)[O-])[nH]2)CC1. The fourth-order valence-electron chi connectivity index (χ4n) is 2.56. The fourth-order valence-corrected chi connectivity index (χ4v) is 2.56. The number of nitro groups is 1. The van der Waals surface area contributed by atoms with Crippen molar-refractivity contribution >= 4 is 11.7 Å². The Bertz CT molecular complexity index is 478. The molecule has 0 bridgehead atoms. The second-order valence-corrected chi connectivity index (χ2v) is 5.14. The van der Waals surface area contributed by atoms with Crippen molar-refractivity contribution in [2.45, 2.75) is 19.3 Å². The highest BCUT2D eigenvalue weighted by Crippen LogP contribution is 2.22. The van der Waals surface area contributed by atoms with Gasteiger partial charge in [-0.25, -0.2) is 4.98 Å². The minimum Gasteiger partial charge on any atom is -0.358 e.